The number of amides is 1. The number of aryl methyl sites for hydroxylation is 1. The summed E-state index contributed by atoms with van der Waals surface area (Å²) in [5.74, 6) is 1.01. The predicted molar refractivity (Wildman–Crippen MR) is 84.3 cm³/mol. The average Bonchev–Trinajstić information content (AvgIpc) is 2.50. The van der Waals surface area contributed by atoms with Crippen molar-refractivity contribution in [3.63, 3.8) is 0 Å². The number of nitrogens with zero attached hydrogens (tertiary/aromatic N) is 1. The summed E-state index contributed by atoms with van der Waals surface area (Å²) in [4.78, 5) is 13.9. The van der Waals surface area contributed by atoms with Crippen LogP contribution in [0, 0.1) is 0 Å². The van der Waals surface area contributed by atoms with Gasteiger partial charge in [0.15, 0.2) is 0 Å². The topological polar surface area (TPSA) is 55.6 Å². The molecule has 4 heteroatoms. The van der Waals surface area contributed by atoms with Gasteiger partial charge in [0.25, 0.3) is 0 Å². The van der Waals surface area contributed by atoms with E-state index >= 15 is 0 Å². The van der Waals surface area contributed by atoms with E-state index in [2.05, 4.69) is 19.1 Å². The molecule has 4 nitrogen and oxygen atoms in total. The lowest BCUT2D eigenvalue weighted by atomic mass is 10.1. The van der Waals surface area contributed by atoms with Crippen LogP contribution >= 0.6 is 0 Å². The van der Waals surface area contributed by atoms with E-state index in [1.54, 1.807) is 0 Å². The molecule has 1 fully saturated rings. The molecule has 1 heterocycles. The first kappa shape index (κ1) is 15.8. The molecule has 0 aromatic heterocycles. The van der Waals surface area contributed by atoms with Gasteiger partial charge in [-0.05, 0) is 37.0 Å². The summed E-state index contributed by atoms with van der Waals surface area (Å²) in [6, 6.07) is 8.40. The van der Waals surface area contributed by atoms with Crippen molar-refractivity contribution in [1.29, 1.82) is 0 Å². The fourth-order valence-corrected chi connectivity index (χ4v) is 2.60. The van der Waals surface area contributed by atoms with Crippen molar-refractivity contribution < 1.29 is 9.53 Å². The van der Waals surface area contributed by atoms with Crippen molar-refractivity contribution in [1.82, 2.24) is 4.90 Å². The normalized spacial score (nSPS) is 16.0. The second-order valence-corrected chi connectivity index (χ2v) is 5.71. The lowest BCUT2D eigenvalue weighted by Crippen LogP contribution is -2.43. The molecule has 21 heavy (non-hydrogen) atoms. The first-order valence-corrected chi connectivity index (χ1v) is 7.94. The van der Waals surface area contributed by atoms with Gasteiger partial charge in [-0.1, -0.05) is 25.5 Å². The molecular weight excluding hydrogens is 264 g/mol. The molecule has 1 aromatic rings. The number of hydrogen-bond acceptors (Lipinski definition) is 3. The number of piperidine rings is 1. The standard InChI is InChI=1S/C17H26N2O2/c1-2-3-14-4-6-16(7-5-14)21-13-10-17(20)19-11-8-15(18)9-12-19/h4-7,15H,2-3,8-13,18H2,1H3. The number of benzene rings is 1. The number of nitrogens with two attached hydrogens (primary N) is 1. The highest BCUT2D eigenvalue weighted by Crippen LogP contribution is 2.14. The van der Waals surface area contributed by atoms with Crippen molar-refractivity contribution in [2.75, 3.05) is 19.7 Å². The van der Waals surface area contributed by atoms with Crippen molar-refractivity contribution in [3.8, 4) is 5.75 Å². The lowest BCUT2D eigenvalue weighted by molar-refractivity contribution is -0.132. The zero-order valence-electron chi connectivity index (χ0n) is 12.9. The molecule has 1 saturated heterocycles. The van der Waals surface area contributed by atoms with Crippen LogP contribution < -0.4 is 10.5 Å². The fourth-order valence-electron chi connectivity index (χ4n) is 2.60. The van der Waals surface area contributed by atoms with Crippen molar-refractivity contribution in [3.05, 3.63) is 29.8 Å². The van der Waals surface area contributed by atoms with E-state index in [1.165, 1.54) is 5.56 Å². The van der Waals surface area contributed by atoms with Crippen molar-refractivity contribution in [2.45, 2.75) is 45.1 Å². The molecule has 0 bridgehead atoms. The Morgan fingerprint density at radius 2 is 1.95 bits per heavy atom. The molecule has 2 rings (SSSR count). The monoisotopic (exact) mass is 290 g/mol. The van der Waals surface area contributed by atoms with Crippen LogP contribution in [-0.4, -0.2) is 36.5 Å². The highest BCUT2D eigenvalue weighted by molar-refractivity contribution is 5.76. The van der Waals surface area contributed by atoms with E-state index in [0.29, 0.717) is 13.0 Å². The third-order valence-electron chi connectivity index (χ3n) is 3.94. The molecule has 0 spiro atoms. The fraction of sp³-hybridized carbons (Fsp3) is 0.588. The van der Waals surface area contributed by atoms with Gasteiger partial charge in [0.2, 0.25) is 5.91 Å². The maximum atomic E-state index is 12.0. The number of hydrogen-bond donors (Lipinski definition) is 1. The van der Waals surface area contributed by atoms with E-state index in [4.69, 9.17) is 10.5 Å². The van der Waals surface area contributed by atoms with Gasteiger partial charge in [0.1, 0.15) is 5.75 Å². The maximum Gasteiger partial charge on any atom is 0.225 e. The molecule has 0 radical (unpaired) electrons. The Hall–Kier alpha value is -1.55. The number of carbonyl (C=O) groups is 1. The molecule has 0 atom stereocenters. The number of likely N-dealkylation sites (tertiary alicyclic amines) is 1. The maximum absolute atomic E-state index is 12.0. The minimum atomic E-state index is 0.171. The Bertz CT molecular complexity index is 437. The molecule has 0 saturated carbocycles. The summed E-state index contributed by atoms with van der Waals surface area (Å²) in [6.45, 7) is 4.18. The van der Waals surface area contributed by atoms with Gasteiger partial charge in [-0.2, -0.15) is 0 Å². The van der Waals surface area contributed by atoms with Crippen molar-refractivity contribution >= 4 is 5.91 Å². The summed E-state index contributed by atoms with van der Waals surface area (Å²) >= 11 is 0. The summed E-state index contributed by atoms with van der Waals surface area (Å²) < 4.78 is 5.65. The van der Waals surface area contributed by atoms with Gasteiger partial charge in [-0.15, -0.1) is 0 Å². The Kier molecular flexibility index (Phi) is 6.05. The first-order valence-electron chi connectivity index (χ1n) is 7.94. The van der Waals surface area contributed by atoms with Crippen LogP contribution in [0.1, 0.15) is 38.2 Å². The van der Waals surface area contributed by atoms with E-state index in [1.807, 2.05) is 17.0 Å². The van der Waals surface area contributed by atoms with Crippen LogP contribution in [-0.2, 0) is 11.2 Å². The number of ether oxygens (including phenoxy) is 1. The summed E-state index contributed by atoms with van der Waals surface area (Å²) in [5.41, 5.74) is 7.17. The van der Waals surface area contributed by atoms with E-state index < -0.39 is 0 Å². The van der Waals surface area contributed by atoms with Gasteiger partial charge < -0.3 is 15.4 Å². The largest absolute Gasteiger partial charge is 0.493 e. The summed E-state index contributed by atoms with van der Waals surface area (Å²) in [6.07, 6.45) is 4.49. The van der Waals surface area contributed by atoms with Crippen molar-refractivity contribution in [2.24, 2.45) is 5.73 Å². The van der Waals surface area contributed by atoms with Gasteiger partial charge in [-0.3, -0.25) is 4.79 Å². The molecule has 116 valence electrons. The Morgan fingerprint density at radius 1 is 1.29 bits per heavy atom. The zero-order valence-corrected chi connectivity index (χ0v) is 12.9. The summed E-state index contributed by atoms with van der Waals surface area (Å²) in [7, 11) is 0. The minimum absolute atomic E-state index is 0.171. The lowest BCUT2D eigenvalue weighted by Gasteiger charge is -2.30. The van der Waals surface area contributed by atoms with Gasteiger partial charge in [-0.25, -0.2) is 0 Å². The van der Waals surface area contributed by atoms with E-state index in [-0.39, 0.29) is 11.9 Å². The van der Waals surface area contributed by atoms with E-state index in [9.17, 15) is 4.79 Å². The second kappa shape index (κ2) is 8.03. The molecule has 0 unspecified atom stereocenters. The van der Waals surface area contributed by atoms with Gasteiger partial charge >= 0.3 is 0 Å². The van der Waals surface area contributed by atoms with Gasteiger partial charge in [0, 0.05) is 19.1 Å². The molecule has 1 aliphatic heterocycles. The van der Waals surface area contributed by atoms with Crippen LogP contribution in [0.25, 0.3) is 0 Å². The quantitative estimate of drug-likeness (QED) is 0.875. The van der Waals surface area contributed by atoms with Crippen LogP contribution in [0.5, 0.6) is 5.75 Å². The molecule has 1 aromatic carbocycles. The SMILES string of the molecule is CCCc1ccc(OCCC(=O)N2CCC(N)CC2)cc1. The molecule has 2 N–H and O–H groups in total. The minimum Gasteiger partial charge on any atom is -0.493 e. The molecule has 1 amide bonds. The summed E-state index contributed by atoms with van der Waals surface area (Å²) in [5, 5.41) is 0. The zero-order chi connectivity index (χ0) is 15.1. The average molecular weight is 290 g/mol. The van der Waals surface area contributed by atoms with Crippen LogP contribution in [0.3, 0.4) is 0 Å². The molecule has 0 aliphatic carbocycles. The smallest absolute Gasteiger partial charge is 0.225 e. The van der Waals surface area contributed by atoms with E-state index in [0.717, 1.165) is 44.5 Å². The number of carbonyl (C=O) groups excluding carboxylic acids is 1. The Labute approximate surface area is 127 Å². The van der Waals surface area contributed by atoms with Crippen LogP contribution in [0.4, 0.5) is 0 Å². The van der Waals surface area contributed by atoms with Gasteiger partial charge in [0.05, 0.1) is 13.0 Å². The molecular formula is C17H26N2O2. The third-order valence-corrected chi connectivity index (χ3v) is 3.94. The number of rotatable bonds is 6. The Morgan fingerprint density at radius 3 is 2.57 bits per heavy atom. The second-order valence-electron chi connectivity index (χ2n) is 5.71. The highest BCUT2D eigenvalue weighted by atomic mass is 16.5. The third kappa shape index (κ3) is 5.05. The molecule has 1 aliphatic rings. The Balaban J connectivity index is 1.70. The first-order chi connectivity index (χ1) is 10.2. The van der Waals surface area contributed by atoms with Crippen LogP contribution in [0.15, 0.2) is 24.3 Å². The van der Waals surface area contributed by atoms with Crippen LogP contribution in [0.2, 0.25) is 0 Å². The predicted octanol–water partition coefficient (Wildman–Crippen LogP) is 2.36. The highest BCUT2D eigenvalue weighted by Gasteiger charge is 2.20.